The molecule has 2 amide bonds. The summed E-state index contributed by atoms with van der Waals surface area (Å²) in [6.45, 7) is 3.30. The van der Waals surface area contributed by atoms with Gasteiger partial charge in [-0.1, -0.05) is 54.6 Å². The third kappa shape index (κ3) is 6.18. The van der Waals surface area contributed by atoms with Gasteiger partial charge in [0.25, 0.3) is 0 Å². The Morgan fingerprint density at radius 3 is 2.58 bits per heavy atom. The number of nitrogens with zero attached hydrogens (tertiary/aromatic N) is 2. The first-order chi connectivity index (χ1) is 15.0. The van der Waals surface area contributed by atoms with Crippen molar-refractivity contribution < 1.29 is 14.3 Å². The molecule has 2 atom stereocenters. The van der Waals surface area contributed by atoms with Crippen LogP contribution in [0.3, 0.4) is 0 Å². The Labute approximate surface area is 184 Å². The number of carbonyl (C=O) groups is 2. The van der Waals surface area contributed by atoms with Crippen molar-refractivity contribution in [3.05, 3.63) is 77.9 Å². The smallest absolute Gasteiger partial charge is 0.246 e. The van der Waals surface area contributed by atoms with Crippen molar-refractivity contribution in [3.8, 4) is 5.75 Å². The highest BCUT2D eigenvalue weighted by atomic mass is 16.5. The summed E-state index contributed by atoms with van der Waals surface area (Å²) in [6, 6.07) is 16.8. The number of likely N-dealkylation sites (N-methyl/N-ethyl adjacent to an activating group) is 1. The van der Waals surface area contributed by atoms with Crippen molar-refractivity contribution in [3.63, 3.8) is 0 Å². The number of hydrogen-bond donors (Lipinski definition) is 1. The molecule has 6 nitrogen and oxygen atoms in total. The van der Waals surface area contributed by atoms with Crippen LogP contribution in [-0.2, 0) is 22.6 Å². The Kier molecular flexibility index (Phi) is 7.84. The molecule has 2 aromatic rings. The van der Waals surface area contributed by atoms with Gasteiger partial charge in [0.15, 0.2) is 0 Å². The zero-order valence-electron chi connectivity index (χ0n) is 18.5. The van der Waals surface area contributed by atoms with E-state index in [1.54, 1.807) is 13.0 Å². The highest BCUT2D eigenvalue weighted by Gasteiger charge is 2.33. The van der Waals surface area contributed by atoms with Gasteiger partial charge in [0.1, 0.15) is 18.4 Å². The van der Waals surface area contributed by atoms with Crippen molar-refractivity contribution >= 4 is 11.8 Å². The van der Waals surface area contributed by atoms with E-state index >= 15 is 0 Å². The number of amides is 2. The molecule has 1 N–H and O–H groups in total. The van der Waals surface area contributed by atoms with E-state index in [1.807, 2.05) is 73.6 Å². The average molecular weight is 422 g/mol. The van der Waals surface area contributed by atoms with Crippen LogP contribution in [0.2, 0.25) is 0 Å². The quantitative estimate of drug-likeness (QED) is 0.699. The lowest BCUT2D eigenvalue weighted by atomic mass is 10.0. The molecule has 31 heavy (non-hydrogen) atoms. The number of para-hydroxylation sites is 1. The summed E-state index contributed by atoms with van der Waals surface area (Å²) < 4.78 is 6.04. The fraction of sp³-hybridized carbons (Fsp3) is 0.360. The van der Waals surface area contributed by atoms with Gasteiger partial charge in [-0.15, -0.1) is 0 Å². The van der Waals surface area contributed by atoms with E-state index in [4.69, 9.17) is 4.74 Å². The summed E-state index contributed by atoms with van der Waals surface area (Å²) in [4.78, 5) is 30.1. The second-order valence-corrected chi connectivity index (χ2v) is 8.05. The maximum absolute atomic E-state index is 13.8. The number of hydrogen-bond acceptors (Lipinski definition) is 4. The topological polar surface area (TPSA) is 61.9 Å². The molecule has 164 valence electrons. The Morgan fingerprint density at radius 1 is 1.16 bits per heavy atom. The maximum Gasteiger partial charge on any atom is 0.246 e. The molecule has 0 saturated carbocycles. The monoisotopic (exact) mass is 421 g/mol. The molecule has 3 rings (SSSR count). The van der Waals surface area contributed by atoms with Crippen molar-refractivity contribution in [1.29, 1.82) is 0 Å². The molecule has 0 bridgehead atoms. The summed E-state index contributed by atoms with van der Waals surface area (Å²) in [6.07, 6.45) is 3.55. The molecule has 6 heteroatoms. The van der Waals surface area contributed by atoms with Crippen molar-refractivity contribution in [2.45, 2.75) is 32.0 Å². The van der Waals surface area contributed by atoms with Gasteiger partial charge < -0.3 is 19.9 Å². The molecule has 0 unspecified atom stereocenters. The minimum absolute atomic E-state index is 0.103. The van der Waals surface area contributed by atoms with Crippen LogP contribution in [0.15, 0.2) is 66.7 Å². The van der Waals surface area contributed by atoms with Crippen LogP contribution >= 0.6 is 0 Å². The van der Waals surface area contributed by atoms with Crippen molar-refractivity contribution in [2.75, 3.05) is 27.2 Å². The van der Waals surface area contributed by atoms with Crippen LogP contribution < -0.4 is 10.1 Å². The molecule has 1 aliphatic rings. The first-order valence-electron chi connectivity index (χ1n) is 10.6. The number of ether oxygens (including phenoxy) is 1. The molecule has 1 heterocycles. The number of allylic oxidation sites excluding steroid dienone is 1. The van der Waals surface area contributed by atoms with Crippen LogP contribution in [0.25, 0.3) is 0 Å². The van der Waals surface area contributed by atoms with Crippen molar-refractivity contribution in [1.82, 2.24) is 15.1 Å². The second kappa shape index (κ2) is 10.8. The van der Waals surface area contributed by atoms with Crippen molar-refractivity contribution in [2.24, 2.45) is 0 Å². The van der Waals surface area contributed by atoms with Crippen LogP contribution in [0.4, 0.5) is 0 Å². The van der Waals surface area contributed by atoms with Crippen LogP contribution in [-0.4, -0.2) is 60.9 Å². The Bertz CT molecular complexity index is 911. The predicted octanol–water partition coefficient (Wildman–Crippen LogP) is 2.64. The van der Waals surface area contributed by atoms with Gasteiger partial charge in [0.05, 0.1) is 6.04 Å². The highest BCUT2D eigenvalue weighted by Crippen LogP contribution is 2.26. The summed E-state index contributed by atoms with van der Waals surface area (Å²) in [5.74, 6) is 0.431. The van der Waals surface area contributed by atoms with Gasteiger partial charge >= 0.3 is 0 Å². The first-order valence-corrected chi connectivity index (χ1v) is 10.6. The summed E-state index contributed by atoms with van der Waals surface area (Å²) in [7, 11) is 3.96. The van der Waals surface area contributed by atoms with E-state index in [-0.39, 0.29) is 17.9 Å². The Hall–Kier alpha value is -3.12. The number of carbonyl (C=O) groups excluding carboxylic acids is 2. The molecular formula is C25H31N3O3. The van der Waals surface area contributed by atoms with Crippen LogP contribution in [0, 0.1) is 0 Å². The number of nitrogens with one attached hydrogen (secondary N) is 1. The molecule has 2 aromatic carbocycles. The van der Waals surface area contributed by atoms with Crippen LogP contribution in [0.1, 0.15) is 18.1 Å². The molecule has 0 aromatic heterocycles. The van der Waals surface area contributed by atoms with E-state index < -0.39 is 6.04 Å². The molecule has 0 fully saturated rings. The Balaban J connectivity index is 1.91. The maximum atomic E-state index is 13.8. The predicted molar refractivity (Wildman–Crippen MR) is 122 cm³/mol. The standard InChI is InChI=1S/C25H31N3O3/c1-4-10-24(29)26-22(15-19-11-6-5-7-12-19)25(30)28-16-20-13-8-9-14-23(20)31-18-21(28)17-27(2)3/h4-14,21-22H,15-18H2,1-3H3,(H,26,29)/b10-4+/t21-,22-/m0/s1. The van der Waals surface area contributed by atoms with Gasteiger partial charge in [0, 0.05) is 25.1 Å². The molecule has 0 radical (unpaired) electrons. The van der Waals surface area contributed by atoms with Crippen LogP contribution in [0.5, 0.6) is 5.75 Å². The minimum Gasteiger partial charge on any atom is -0.491 e. The van der Waals surface area contributed by atoms with Gasteiger partial charge in [0.2, 0.25) is 11.8 Å². The third-order valence-corrected chi connectivity index (χ3v) is 5.26. The van der Waals surface area contributed by atoms with Gasteiger partial charge in [-0.3, -0.25) is 9.59 Å². The average Bonchev–Trinajstić information content (AvgIpc) is 2.93. The number of fused-ring (bicyclic) bond motifs is 1. The zero-order chi connectivity index (χ0) is 22.2. The lowest BCUT2D eigenvalue weighted by Gasteiger charge is -2.34. The second-order valence-electron chi connectivity index (χ2n) is 8.05. The summed E-state index contributed by atoms with van der Waals surface area (Å²) >= 11 is 0. The van der Waals surface area contributed by atoms with E-state index in [0.717, 1.165) is 16.9 Å². The van der Waals surface area contributed by atoms with E-state index in [0.29, 0.717) is 26.1 Å². The minimum atomic E-state index is -0.666. The van der Waals surface area contributed by atoms with Gasteiger partial charge in [-0.25, -0.2) is 0 Å². The fourth-order valence-corrected chi connectivity index (χ4v) is 3.82. The number of benzene rings is 2. The zero-order valence-corrected chi connectivity index (χ0v) is 18.5. The third-order valence-electron chi connectivity index (χ3n) is 5.26. The fourth-order valence-electron chi connectivity index (χ4n) is 3.82. The molecule has 0 saturated heterocycles. The van der Waals surface area contributed by atoms with E-state index in [2.05, 4.69) is 10.2 Å². The normalized spacial score (nSPS) is 17.0. The highest BCUT2D eigenvalue weighted by molar-refractivity contribution is 5.93. The number of rotatable bonds is 7. The van der Waals surface area contributed by atoms with E-state index in [9.17, 15) is 9.59 Å². The molecule has 1 aliphatic heterocycles. The molecular weight excluding hydrogens is 390 g/mol. The summed E-state index contributed by atoms with van der Waals surface area (Å²) in [5, 5.41) is 2.91. The summed E-state index contributed by atoms with van der Waals surface area (Å²) in [5.41, 5.74) is 1.97. The molecule has 0 spiro atoms. The van der Waals surface area contributed by atoms with Gasteiger partial charge in [-0.05, 0) is 38.7 Å². The lowest BCUT2D eigenvalue weighted by Crippen LogP contribution is -2.55. The van der Waals surface area contributed by atoms with Gasteiger partial charge in [-0.2, -0.15) is 0 Å². The first kappa shape index (κ1) is 22.6. The Morgan fingerprint density at radius 2 is 1.87 bits per heavy atom. The SMILES string of the molecule is C/C=C/C(=O)N[C@@H](Cc1ccccc1)C(=O)N1Cc2ccccc2OC[C@@H]1CN(C)C. The molecule has 0 aliphatic carbocycles. The largest absolute Gasteiger partial charge is 0.491 e. The lowest BCUT2D eigenvalue weighted by molar-refractivity contribution is -0.139. The van der Waals surface area contributed by atoms with E-state index in [1.165, 1.54) is 6.08 Å².